The minimum absolute atomic E-state index is 0.306. The molecule has 0 fully saturated rings. The molecule has 16 heavy (non-hydrogen) atoms. The zero-order valence-corrected chi connectivity index (χ0v) is 9.87. The first-order chi connectivity index (χ1) is 7.58. The molecule has 0 aliphatic heterocycles. The maximum absolute atomic E-state index is 11.0. The molecule has 5 heteroatoms. The van der Waals surface area contributed by atoms with Crippen LogP contribution in [0.2, 0.25) is 0 Å². The Morgan fingerprint density at radius 1 is 1.44 bits per heavy atom. The second kappa shape index (κ2) is 5.65. The summed E-state index contributed by atoms with van der Waals surface area (Å²) >= 11 is 1.47. The van der Waals surface area contributed by atoms with E-state index in [0.29, 0.717) is 5.75 Å². The second-order valence-corrected chi connectivity index (χ2v) is 4.69. The molecule has 1 amide bonds. The molecule has 0 radical (unpaired) electrons. The quantitative estimate of drug-likeness (QED) is 0.770. The van der Waals surface area contributed by atoms with Crippen molar-refractivity contribution in [2.24, 2.45) is 10.9 Å². The zero-order valence-electron chi connectivity index (χ0n) is 9.05. The summed E-state index contributed by atoms with van der Waals surface area (Å²) in [5, 5.41) is 2.81. The van der Waals surface area contributed by atoms with E-state index in [0.717, 1.165) is 11.3 Å². The van der Waals surface area contributed by atoms with E-state index in [1.807, 2.05) is 30.3 Å². The highest BCUT2D eigenvalue weighted by atomic mass is 32.2. The third kappa shape index (κ3) is 3.34. The fraction of sp³-hybridized carbons (Fsp3) is 0.364. The van der Waals surface area contributed by atoms with Crippen LogP contribution in [-0.2, 0) is 10.5 Å². The normalized spacial score (nSPS) is 14.1. The maximum Gasteiger partial charge on any atom is 0.249 e. The average molecular weight is 238 g/mol. The van der Waals surface area contributed by atoms with Crippen molar-refractivity contribution in [3.8, 4) is 0 Å². The Kier molecular flexibility index (Phi) is 4.49. The van der Waals surface area contributed by atoms with Crippen molar-refractivity contribution >= 4 is 17.7 Å². The summed E-state index contributed by atoms with van der Waals surface area (Å²) in [7, 11) is 0. The van der Waals surface area contributed by atoms with E-state index in [4.69, 9.17) is 5.73 Å². The van der Waals surface area contributed by atoms with E-state index in [2.05, 4.69) is 5.18 Å². The highest BCUT2D eigenvalue weighted by Gasteiger charge is 2.32. The van der Waals surface area contributed by atoms with Gasteiger partial charge < -0.3 is 5.73 Å². The summed E-state index contributed by atoms with van der Waals surface area (Å²) < 4.78 is 0. The molecule has 1 aromatic carbocycles. The predicted octanol–water partition coefficient (Wildman–Crippen LogP) is 1.93. The van der Waals surface area contributed by atoms with Crippen molar-refractivity contribution in [3.63, 3.8) is 0 Å². The number of benzene rings is 1. The van der Waals surface area contributed by atoms with Gasteiger partial charge in [-0.2, -0.15) is 11.8 Å². The number of nitroso groups, excluding NO2 is 1. The first-order valence-electron chi connectivity index (χ1n) is 4.84. The van der Waals surface area contributed by atoms with Gasteiger partial charge in [-0.3, -0.25) is 4.79 Å². The number of hydrogen-bond donors (Lipinski definition) is 1. The van der Waals surface area contributed by atoms with Crippen LogP contribution in [0.15, 0.2) is 35.5 Å². The largest absolute Gasteiger partial charge is 0.367 e. The summed E-state index contributed by atoms with van der Waals surface area (Å²) in [6.07, 6.45) is 0. The molecule has 0 aromatic heterocycles. The lowest BCUT2D eigenvalue weighted by Crippen LogP contribution is -2.41. The molecule has 0 heterocycles. The van der Waals surface area contributed by atoms with Crippen molar-refractivity contribution in [1.82, 2.24) is 0 Å². The molecule has 86 valence electrons. The summed E-state index contributed by atoms with van der Waals surface area (Å²) in [4.78, 5) is 21.6. The monoisotopic (exact) mass is 238 g/mol. The first kappa shape index (κ1) is 12.7. The third-order valence-electron chi connectivity index (χ3n) is 2.23. The van der Waals surface area contributed by atoms with Gasteiger partial charge in [0.1, 0.15) is 0 Å². The van der Waals surface area contributed by atoms with E-state index in [1.54, 1.807) is 0 Å². The molecular weight excluding hydrogens is 224 g/mol. The van der Waals surface area contributed by atoms with Crippen LogP contribution in [0.3, 0.4) is 0 Å². The average Bonchev–Trinajstić information content (AvgIpc) is 2.30. The number of nitrogens with two attached hydrogens (primary N) is 1. The van der Waals surface area contributed by atoms with Crippen molar-refractivity contribution < 1.29 is 4.79 Å². The smallest absolute Gasteiger partial charge is 0.249 e. The Hall–Kier alpha value is -1.36. The van der Waals surface area contributed by atoms with Gasteiger partial charge in [-0.05, 0) is 12.5 Å². The summed E-state index contributed by atoms with van der Waals surface area (Å²) in [6.45, 7) is 1.46. The van der Waals surface area contributed by atoms with Crippen molar-refractivity contribution in [2.75, 3.05) is 5.75 Å². The molecule has 0 aliphatic carbocycles. The SMILES string of the molecule is C[C@](CSCc1ccccc1)(N=O)C(N)=O. The minimum atomic E-state index is -1.31. The standard InChI is InChI=1S/C11H14N2O2S/c1-11(13-15,10(12)14)8-16-7-9-5-3-2-4-6-9/h2-6H,7-8H2,1H3,(H2,12,14)/t11-/m1/s1. The lowest BCUT2D eigenvalue weighted by atomic mass is 10.1. The minimum Gasteiger partial charge on any atom is -0.367 e. The number of amides is 1. The number of carbonyl (C=O) groups excluding carboxylic acids is 1. The number of thioether (sulfide) groups is 1. The van der Waals surface area contributed by atoms with Crippen LogP contribution in [0.25, 0.3) is 0 Å². The van der Waals surface area contributed by atoms with E-state index in [9.17, 15) is 9.70 Å². The zero-order chi connectivity index (χ0) is 12.0. The Morgan fingerprint density at radius 3 is 2.56 bits per heavy atom. The Balaban J connectivity index is 2.46. The maximum atomic E-state index is 11.0. The van der Waals surface area contributed by atoms with E-state index < -0.39 is 11.4 Å². The van der Waals surface area contributed by atoms with Crippen LogP contribution in [0, 0.1) is 4.91 Å². The Morgan fingerprint density at radius 2 is 2.06 bits per heavy atom. The molecule has 4 nitrogen and oxygen atoms in total. The topological polar surface area (TPSA) is 72.5 Å². The lowest BCUT2D eigenvalue weighted by Gasteiger charge is -2.16. The highest BCUT2D eigenvalue weighted by molar-refractivity contribution is 7.98. The van der Waals surface area contributed by atoms with Gasteiger partial charge in [0.05, 0.1) is 0 Å². The number of carbonyl (C=O) groups is 1. The number of rotatable bonds is 6. The second-order valence-electron chi connectivity index (χ2n) is 3.71. The lowest BCUT2D eigenvalue weighted by molar-refractivity contribution is -0.121. The molecule has 0 saturated heterocycles. The van der Waals surface area contributed by atoms with Gasteiger partial charge in [0.2, 0.25) is 5.91 Å². The fourth-order valence-electron chi connectivity index (χ4n) is 1.08. The molecule has 0 saturated carbocycles. The summed E-state index contributed by atoms with van der Waals surface area (Å²) in [5.41, 5.74) is 4.95. The molecule has 0 unspecified atom stereocenters. The predicted molar refractivity (Wildman–Crippen MR) is 66.0 cm³/mol. The van der Waals surface area contributed by atoms with Gasteiger partial charge >= 0.3 is 0 Å². The van der Waals surface area contributed by atoms with E-state index in [1.165, 1.54) is 18.7 Å². The van der Waals surface area contributed by atoms with Gasteiger partial charge in [-0.1, -0.05) is 35.5 Å². The van der Waals surface area contributed by atoms with Crippen LogP contribution in [0.4, 0.5) is 0 Å². The fourth-order valence-corrected chi connectivity index (χ4v) is 2.21. The van der Waals surface area contributed by atoms with Gasteiger partial charge in [0.15, 0.2) is 5.54 Å². The third-order valence-corrected chi connectivity index (χ3v) is 3.53. The first-order valence-corrected chi connectivity index (χ1v) is 6.00. The Bertz CT molecular complexity index is 370. The summed E-state index contributed by atoms with van der Waals surface area (Å²) in [6, 6.07) is 9.81. The highest BCUT2D eigenvalue weighted by Crippen LogP contribution is 2.20. The van der Waals surface area contributed by atoms with Crippen LogP contribution in [-0.4, -0.2) is 17.2 Å². The molecular formula is C11H14N2O2S. The van der Waals surface area contributed by atoms with Crippen molar-refractivity contribution in [2.45, 2.75) is 18.2 Å². The van der Waals surface area contributed by atoms with Crippen molar-refractivity contribution in [1.29, 1.82) is 0 Å². The van der Waals surface area contributed by atoms with Crippen LogP contribution in [0.1, 0.15) is 12.5 Å². The van der Waals surface area contributed by atoms with E-state index in [-0.39, 0.29) is 0 Å². The van der Waals surface area contributed by atoms with Crippen LogP contribution in [0.5, 0.6) is 0 Å². The van der Waals surface area contributed by atoms with Crippen molar-refractivity contribution in [3.05, 3.63) is 40.8 Å². The molecule has 0 spiro atoms. The molecule has 0 aliphatic rings. The molecule has 2 N–H and O–H groups in total. The molecule has 1 atom stereocenters. The van der Waals surface area contributed by atoms with Crippen LogP contribution >= 0.6 is 11.8 Å². The Labute approximate surface area is 98.6 Å². The van der Waals surface area contributed by atoms with Gasteiger partial charge in [-0.15, -0.1) is 4.91 Å². The number of hydrogen-bond acceptors (Lipinski definition) is 4. The van der Waals surface area contributed by atoms with E-state index >= 15 is 0 Å². The molecule has 1 aromatic rings. The number of nitrogens with zero attached hydrogens (tertiary/aromatic N) is 1. The summed E-state index contributed by atoms with van der Waals surface area (Å²) in [5.74, 6) is 0.364. The molecule has 0 bridgehead atoms. The van der Waals surface area contributed by atoms with Gasteiger partial charge in [-0.25, -0.2) is 0 Å². The number of primary amides is 1. The van der Waals surface area contributed by atoms with Gasteiger partial charge in [0, 0.05) is 11.5 Å². The molecule has 1 rings (SSSR count). The van der Waals surface area contributed by atoms with Gasteiger partial charge in [0.25, 0.3) is 0 Å². The van der Waals surface area contributed by atoms with Crippen LogP contribution < -0.4 is 5.73 Å².